The van der Waals surface area contributed by atoms with Gasteiger partial charge in [0.15, 0.2) is 11.6 Å². The van der Waals surface area contributed by atoms with Crippen molar-refractivity contribution in [2.45, 2.75) is 13.3 Å². The van der Waals surface area contributed by atoms with Crippen molar-refractivity contribution in [3.63, 3.8) is 0 Å². The number of halogens is 1. The molecule has 7 heteroatoms. The maximum Gasteiger partial charge on any atom is 0.239 e. The molecule has 0 bridgehead atoms. The first-order valence-electron chi connectivity index (χ1n) is 4.84. The number of nitrogens with zero attached hydrogens (tertiary/aromatic N) is 4. The summed E-state index contributed by atoms with van der Waals surface area (Å²) >= 11 is 0. The van der Waals surface area contributed by atoms with Crippen LogP contribution in [0, 0.1) is 17.1 Å². The first-order chi connectivity index (χ1) is 7.72. The van der Waals surface area contributed by atoms with Crippen LogP contribution in [-0.4, -0.2) is 23.1 Å². The predicted molar refractivity (Wildman–Crippen MR) is 57.9 cm³/mol. The van der Waals surface area contributed by atoms with Crippen LogP contribution in [-0.2, 0) is 0 Å². The maximum atomic E-state index is 13.5. The fraction of sp³-hybridized carbons (Fsp3) is 0.444. The largest absolute Gasteiger partial charge is 0.353 e. The SMILES string of the molecule is CCN(CCC#N)c1nc(NN)ncc1F. The second-order valence-electron chi connectivity index (χ2n) is 3.00. The molecule has 0 fully saturated rings. The molecule has 0 aromatic carbocycles. The number of nitrogen functional groups attached to an aromatic ring is 1. The smallest absolute Gasteiger partial charge is 0.239 e. The third kappa shape index (κ3) is 2.77. The molecule has 1 aromatic rings. The summed E-state index contributed by atoms with van der Waals surface area (Å²) in [6.07, 6.45) is 1.36. The molecule has 0 aliphatic carbocycles. The molecule has 3 N–H and O–H groups in total. The van der Waals surface area contributed by atoms with E-state index in [9.17, 15) is 4.39 Å². The lowest BCUT2D eigenvalue weighted by Gasteiger charge is -2.21. The van der Waals surface area contributed by atoms with Crippen LogP contribution in [0.1, 0.15) is 13.3 Å². The summed E-state index contributed by atoms with van der Waals surface area (Å²) in [4.78, 5) is 9.20. The van der Waals surface area contributed by atoms with Crippen molar-refractivity contribution in [3.8, 4) is 6.07 Å². The van der Waals surface area contributed by atoms with E-state index in [1.165, 1.54) is 0 Å². The van der Waals surface area contributed by atoms with Crippen LogP contribution < -0.4 is 16.2 Å². The summed E-state index contributed by atoms with van der Waals surface area (Å²) in [5.74, 6) is 4.91. The number of hydrazine groups is 1. The Hall–Kier alpha value is -1.94. The van der Waals surface area contributed by atoms with Crippen molar-refractivity contribution in [3.05, 3.63) is 12.0 Å². The second kappa shape index (κ2) is 5.82. The van der Waals surface area contributed by atoms with E-state index < -0.39 is 5.82 Å². The minimum atomic E-state index is -0.529. The van der Waals surface area contributed by atoms with E-state index in [0.717, 1.165) is 6.20 Å². The minimum absolute atomic E-state index is 0.145. The third-order valence-corrected chi connectivity index (χ3v) is 2.03. The number of hydrogen-bond donors (Lipinski definition) is 2. The summed E-state index contributed by atoms with van der Waals surface area (Å²) in [7, 11) is 0. The first-order valence-corrected chi connectivity index (χ1v) is 4.84. The van der Waals surface area contributed by atoms with Crippen molar-refractivity contribution in [2.24, 2.45) is 5.84 Å². The minimum Gasteiger partial charge on any atom is -0.353 e. The van der Waals surface area contributed by atoms with Gasteiger partial charge in [0.05, 0.1) is 18.7 Å². The second-order valence-corrected chi connectivity index (χ2v) is 3.00. The zero-order valence-electron chi connectivity index (χ0n) is 8.94. The van der Waals surface area contributed by atoms with E-state index in [4.69, 9.17) is 11.1 Å². The number of rotatable bonds is 5. The molecule has 6 nitrogen and oxygen atoms in total. The molecule has 0 radical (unpaired) electrons. The zero-order chi connectivity index (χ0) is 12.0. The Kier molecular flexibility index (Phi) is 4.42. The normalized spacial score (nSPS) is 9.62. The Bertz CT molecular complexity index is 388. The molecule has 0 unspecified atom stereocenters. The molecular formula is C9H13FN6. The quantitative estimate of drug-likeness (QED) is 0.563. The van der Waals surface area contributed by atoms with Gasteiger partial charge in [-0.1, -0.05) is 0 Å². The fourth-order valence-corrected chi connectivity index (χ4v) is 1.25. The highest BCUT2D eigenvalue weighted by Gasteiger charge is 2.12. The molecule has 0 atom stereocenters. The summed E-state index contributed by atoms with van der Waals surface area (Å²) < 4.78 is 13.5. The molecule has 1 rings (SSSR count). The van der Waals surface area contributed by atoms with Gasteiger partial charge in [0.2, 0.25) is 5.95 Å². The highest BCUT2D eigenvalue weighted by atomic mass is 19.1. The van der Waals surface area contributed by atoms with Gasteiger partial charge >= 0.3 is 0 Å². The predicted octanol–water partition coefficient (Wildman–Crippen LogP) is 0.641. The van der Waals surface area contributed by atoms with Crippen molar-refractivity contribution >= 4 is 11.8 Å². The Morgan fingerprint density at radius 2 is 2.44 bits per heavy atom. The van der Waals surface area contributed by atoms with E-state index in [1.54, 1.807) is 4.90 Å². The third-order valence-electron chi connectivity index (χ3n) is 2.03. The van der Waals surface area contributed by atoms with Gasteiger partial charge in [0.25, 0.3) is 0 Å². The maximum absolute atomic E-state index is 13.5. The van der Waals surface area contributed by atoms with Crippen molar-refractivity contribution in [1.29, 1.82) is 5.26 Å². The Balaban J connectivity index is 2.94. The molecule has 86 valence electrons. The molecule has 0 aliphatic heterocycles. The van der Waals surface area contributed by atoms with Crippen LogP contribution >= 0.6 is 0 Å². The lowest BCUT2D eigenvalue weighted by Crippen LogP contribution is -2.26. The van der Waals surface area contributed by atoms with Gasteiger partial charge in [0.1, 0.15) is 0 Å². The average Bonchev–Trinajstić information content (AvgIpc) is 2.32. The molecule has 1 aromatic heterocycles. The lowest BCUT2D eigenvalue weighted by molar-refractivity contribution is 0.603. The van der Waals surface area contributed by atoms with Crippen LogP contribution in [0.25, 0.3) is 0 Å². The van der Waals surface area contributed by atoms with E-state index in [0.29, 0.717) is 19.5 Å². The highest BCUT2D eigenvalue weighted by Crippen LogP contribution is 2.16. The Morgan fingerprint density at radius 1 is 1.69 bits per heavy atom. The summed E-state index contributed by atoms with van der Waals surface area (Å²) in [6.45, 7) is 2.83. The van der Waals surface area contributed by atoms with Crippen molar-refractivity contribution in [1.82, 2.24) is 9.97 Å². The number of nitriles is 1. The summed E-state index contributed by atoms with van der Waals surface area (Å²) in [6, 6.07) is 2.00. The first kappa shape index (κ1) is 12.1. The number of nitrogens with two attached hydrogens (primary N) is 1. The van der Waals surface area contributed by atoms with Crippen molar-refractivity contribution < 1.29 is 4.39 Å². The van der Waals surface area contributed by atoms with Crippen LogP contribution in [0.2, 0.25) is 0 Å². The number of anilines is 2. The Labute approximate surface area is 92.9 Å². The summed E-state index contributed by atoms with van der Waals surface area (Å²) in [5, 5.41) is 8.49. The van der Waals surface area contributed by atoms with Gasteiger partial charge in [-0.25, -0.2) is 15.2 Å². The average molecular weight is 224 g/mol. The van der Waals surface area contributed by atoms with E-state index in [-0.39, 0.29) is 11.8 Å². The highest BCUT2D eigenvalue weighted by molar-refractivity contribution is 5.43. The van der Waals surface area contributed by atoms with Gasteiger partial charge in [-0.3, -0.25) is 5.43 Å². The van der Waals surface area contributed by atoms with Gasteiger partial charge in [-0.2, -0.15) is 10.2 Å². The van der Waals surface area contributed by atoms with Crippen LogP contribution in [0.3, 0.4) is 0 Å². The number of aromatic nitrogens is 2. The van der Waals surface area contributed by atoms with Crippen LogP contribution in [0.4, 0.5) is 16.2 Å². The van der Waals surface area contributed by atoms with Crippen LogP contribution in [0.15, 0.2) is 6.20 Å². The van der Waals surface area contributed by atoms with Crippen molar-refractivity contribution in [2.75, 3.05) is 23.4 Å². The molecule has 0 aliphatic rings. The lowest BCUT2D eigenvalue weighted by atomic mass is 10.4. The molecule has 0 saturated heterocycles. The van der Waals surface area contributed by atoms with E-state index in [1.807, 2.05) is 13.0 Å². The van der Waals surface area contributed by atoms with Gasteiger partial charge in [-0.05, 0) is 6.92 Å². The molecule has 1 heterocycles. The molecule has 0 spiro atoms. The van der Waals surface area contributed by atoms with E-state index >= 15 is 0 Å². The monoisotopic (exact) mass is 224 g/mol. The molecular weight excluding hydrogens is 211 g/mol. The Morgan fingerprint density at radius 3 is 3.00 bits per heavy atom. The van der Waals surface area contributed by atoms with Gasteiger partial charge < -0.3 is 4.90 Å². The zero-order valence-corrected chi connectivity index (χ0v) is 8.94. The van der Waals surface area contributed by atoms with E-state index in [2.05, 4.69) is 15.4 Å². The fourth-order valence-electron chi connectivity index (χ4n) is 1.25. The van der Waals surface area contributed by atoms with Gasteiger partial charge in [0, 0.05) is 13.1 Å². The summed E-state index contributed by atoms with van der Waals surface area (Å²) in [5.41, 5.74) is 2.25. The number of hydrogen-bond acceptors (Lipinski definition) is 6. The molecule has 16 heavy (non-hydrogen) atoms. The topological polar surface area (TPSA) is 90.9 Å². The molecule has 0 saturated carbocycles. The molecule has 0 amide bonds. The van der Waals surface area contributed by atoms with Gasteiger partial charge in [-0.15, -0.1) is 0 Å². The number of nitrogens with one attached hydrogen (secondary N) is 1. The standard InChI is InChI=1S/C9H13FN6/c1-2-16(5-3-4-11)8-7(10)6-13-9(14-8)15-12/h6H,2-3,5,12H2,1H3,(H,13,14,15). The van der Waals surface area contributed by atoms with Crippen LogP contribution in [0.5, 0.6) is 0 Å².